The lowest BCUT2D eigenvalue weighted by Gasteiger charge is -2.33. The van der Waals surface area contributed by atoms with Gasteiger partial charge in [0.2, 0.25) is 0 Å². The molecule has 1 aromatic carbocycles. The molecule has 7 heteroatoms. The summed E-state index contributed by atoms with van der Waals surface area (Å²) in [5.74, 6) is 0.0312. The molecule has 2 aromatic heterocycles. The van der Waals surface area contributed by atoms with Crippen molar-refractivity contribution in [2.45, 2.75) is 13.0 Å². The summed E-state index contributed by atoms with van der Waals surface area (Å²) in [5, 5.41) is 5.66. The highest BCUT2D eigenvalue weighted by Crippen LogP contribution is 2.31. The van der Waals surface area contributed by atoms with Gasteiger partial charge < -0.3 is 9.64 Å². The zero-order valence-electron chi connectivity index (χ0n) is 14.1. The number of aryl methyl sites for hydroxylation is 1. The molecule has 1 aliphatic rings. The summed E-state index contributed by atoms with van der Waals surface area (Å²) in [5.41, 5.74) is 2.89. The van der Waals surface area contributed by atoms with Crippen LogP contribution in [-0.4, -0.2) is 35.5 Å². The second kappa shape index (κ2) is 7.48. The number of aromatic nitrogens is 1. The molecule has 1 atom stereocenters. The van der Waals surface area contributed by atoms with E-state index in [1.54, 1.807) is 11.3 Å². The van der Waals surface area contributed by atoms with Crippen molar-refractivity contribution < 1.29 is 9.53 Å². The fraction of sp³-hybridized carbons (Fsp3) is 0.263. The first-order valence-electron chi connectivity index (χ1n) is 8.28. The Morgan fingerprint density at radius 3 is 2.85 bits per heavy atom. The number of benzene rings is 1. The minimum absolute atomic E-state index is 0.0312. The lowest BCUT2D eigenvalue weighted by molar-refractivity contribution is -0.0226. The van der Waals surface area contributed by atoms with E-state index in [2.05, 4.69) is 10.4 Å². The largest absolute Gasteiger partial charge is 0.370 e. The van der Waals surface area contributed by atoms with Gasteiger partial charge in [0, 0.05) is 22.5 Å². The fourth-order valence-corrected chi connectivity index (χ4v) is 4.83. The second-order valence-electron chi connectivity index (χ2n) is 6.11. The Hall–Kier alpha value is -1.73. The minimum Gasteiger partial charge on any atom is -0.370 e. The van der Waals surface area contributed by atoms with Gasteiger partial charge in [-0.05, 0) is 36.1 Å². The van der Waals surface area contributed by atoms with Crippen molar-refractivity contribution in [1.29, 1.82) is 0 Å². The van der Waals surface area contributed by atoms with Crippen molar-refractivity contribution in [2.75, 3.05) is 19.7 Å². The molecule has 0 saturated carbocycles. The Morgan fingerprint density at radius 1 is 1.31 bits per heavy atom. The predicted molar refractivity (Wildman–Crippen MR) is 106 cm³/mol. The van der Waals surface area contributed by atoms with Crippen molar-refractivity contribution in [1.82, 2.24) is 9.88 Å². The van der Waals surface area contributed by atoms with Crippen LogP contribution >= 0.6 is 34.3 Å². The highest BCUT2D eigenvalue weighted by Gasteiger charge is 2.28. The number of carbonyl (C=O) groups is 1. The molecule has 3 heterocycles. The van der Waals surface area contributed by atoms with Crippen LogP contribution in [0.4, 0.5) is 0 Å². The molecular weight excluding hydrogens is 388 g/mol. The summed E-state index contributed by atoms with van der Waals surface area (Å²) in [6.45, 7) is 3.55. The Labute approximate surface area is 165 Å². The van der Waals surface area contributed by atoms with Gasteiger partial charge in [-0.3, -0.25) is 4.79 Å². The summed E-state index contributed by atoms with van der Waals surface area (Å²) in [6, 6.07) is 9.63. The number of morpholine rings is 1. The van der Waals surface area contributed by atoms with Gasteiger partial charge in [-0.25, -0.2) is 4.98 Å². The molecule has 4 nitrogen and oxygen atoms in total. The summed E-state index contributed by atoms with van der Waals surface area (Å²) in [6.07, 6.45) is -0.130. The number of thiophene rings is 1. The zero-order valence-corrected chi connectivity index (χ0v) is 16.5. The molecule has 1 unspecified atom stereocenters. The van der Waals surface area contributed by atoms with Gasteiger partial charge in [-0.15, -0.1) is 11.3 Å². The van der Waals surface area contributed by atoms with Crippen LogP contribution in [0.3, 0.4) is 0 Å². The highest BCUT2D eigenvalue weighted by molar-refractivity contribution is 7.17. The molecule has 3 aromatic rings. The third kappa shape index (κ3) is 3.55. The molecule has 0 radical (unpaired) electrons. The van der Waals surface area contributed by atoms with E-state index in [1.165, 1.54) is 11.3 Å². The number of thiazole rings is 1. The Bertz CT molecular complexity index is 906. The van der Waals surface area contributed by atoms with Gasteiger partial charge in [-0.2, -0.15) is 11.3 Å². The average molecular weight is 405 g/mol. The summed E-state index contributed by atoms with van der Waals surface area (Å²) in [7, 11) is 0. The SMILES string of the molecule is Cc1nc(-c2ccsc2)sc1C(=O)N1CCOC(c2ccc(Cl)cc2)C1. The maximum atomic E-state index is 13.1. The van der Waals surface area contributed by atoms with Gasteiger partial charge in [0.05, 0.1) is 18.8 Å². The number of carbonyl (C=O) groups excluding carboxylic acids is 1. The molecule has 4 rings (SSSR count). The Morgan fingerprint density at radius 2 is 2.12 bits per heavy atom. The van der Waals surface area contributed by atoms with E-state index in [9.17, 15) is 4.79 Å². The Balaban J connectivity index is 1.53. The lowest BCUT2D eigenvalue weighted by atomic mass is 10.1. The summed E-state index contributed by atoms with van der Waals surface area (Å²) >= 11 is 9.06. The van der Waals surface area contributed by atoms with E-state index in [-0.39, 0.29) is 12.0 Å². The standard InChI is InChI=1S/C19H17ClN2O2S2/c1-12-17(26-18(21-12)14-6-9-25-11-14)19(23)22-7-8-24-16(10-22)13-2-4-15(20)5-3-13/h2-6,9,11,16H,7-8,10H2,1H3. The zero-order chi connectivity index (χ0) is 18.1. The normalized spacial score (nSPS) is 17.5. The van der Waals surface area contributed by atoms with Crippen LogP contribution < -0.4 is 0 Å². The smallest absolute Gasteiger partial charge is 0.266 e. The van der Waals surface area contributed by atoms with Crippen LogP contribution in [0.25, 0.3) is 10.6 Å². The van der Waals surface area contributed by atoms with Crippen LogP contribution in [0.2, 0.25) is 5.02 Å². The molecule has 1 aliphatic heterocycles. The van der Waals surface area contributed by atoms with E-state index in [4.69, 9.17) is 16.3 Å². The first-order chi connectivity index (χ1) is 12.6. The minimum atomic E-state index is -0.130. The fourth-order valence-electron chi connectivity index (χ4n) is 2.96. The number of hydrogen-bond acceptors (Lipinski definition) is 5. The maximum absolute atomic E-state index is 13.1. The molecule has 1 fully saturated rings. The van der Waals surface area contributed by atoms with E-state index >= 15 is 0 Å². The van der Waals surface area contributed by atoms with Crippen molar-refractivity contribution in [2.24, 2.45) is 0 Å². The monoisotopic (exact) mass is 404 g/mol. The van der Waals surface area contributed by atoms with Crippen LogP contribution in [0.5, 0.6) is 0 Å². The third-order valence-corrected chi connectivity index (χ3v) is 6.48. The Kier molecular flexibility index (Phi) is 5.09. The molecular formula is C19H17ClN2O2S2. The van der Waals surface area contributed by atoms with E-state index in [0.717, 1.165) is 21.8 Å². The van der Waals surface area contributed by atoms with Crippen LogP contribution in [-0.2, 0) is 4.74 Å². The van der Waals surface area contributed by atoms with Crippen LogP contribution in [0.15, 0.2) is 41.1 Å². The molecule has 0 aliphatic carbocycles. The van der Waals surface area contributed by atoms with E-state index in [1.807, 2.05) is 47.5 Å². The van der Waals surface area contributed by atoms with Crippen LogP contribution in [0, 0.1) is 6.92 Å². The number of ether oxygens (including phenoxy) is 1. The van der Waals surface area contributed by atoms with Crippen molar-refractivity contribution >= 4 is 40.2 Å². The van der Waals surface area contributed by atoms with Gasteiger partial charge in [-0.1, -0.05) is 23.7 Å². The quantitative estimate of drug-likeness (QED) is 0.613. The van der Waals surface area contributed by atoms with Crippen molar-refractivity contribution in [3.05, 3.63) is 62.2 Å². The highest BCUT2D eigenvalue weighted by atomic mass is 35.5. The van der Waals surface area contributed by atoms with Gasteiger partial charge in [0.15, 0.2) is 0 Å². The summed E-state index contributed by atoms with van der Waals surface area (Å²) in [4.78, 5) is 20.2. The number of nitrogens with zero attached hydrogens (tertiary/aromatic N) is 2. The van der Waals surface area contributed by atoms with Crippen LogP contribution in [0.1, 0.15) is 27.0 Å². The molecule has 0 spiro atoms. The average Bonchev–Trinajstić information content (AvgIpc) is 3.31. The van der Waals surface area contributed by atoms with Gasteiger partial charge in [0.1, 0.15) is 16.0 Å². The van der Waals surface area contributed by atoms with Crippen molar-refractivity contribution in [3.63, 3.8) is 0 Å². The molecule has 26 heavy (non-hydrogen) atoms. The molecule has 1 amide bonds. The third-order valence-electron chi connectivity index (χ3n) is 4.35. The van der Waals surface area contributed by atoms with Crippen molar-refractivity contribution in [3.8, 4) is 10.6 Å². The van der Waals surface area contributed by atoms with Gasteiger partial charge >= 0.3 is 0 Å². The topological polar surface area (TPSA) is 42.4 Å². The van der Waals surface area contributed by atoms with E-state index < -0.39 is 0 Å². The molecule has 0 N–H and O–H groups in total. The summed E-state index contributed by atoms with van der Waals surface area (Å²) < 4.78 is 5.87. The number of rotatable bonds is 3. The first-order valence-corrected chi connectivity index (χ1v) is 10.4. The van der Waals surface area contributed by atoms with E-state index in [0.29, 0.717) is 29.6 Å². The molecule has 0 bridgehead atoms. The first kappa shape index (κ1) is 17.7. The lowest BCUT2D eigenvalue weighted by Crippen LogP contribution is -2.42. The second-order valence-corrected chi connectivity index (χ2v) is 8.32. The van der Waals surface area contributed by atoms with Gasteiger partial charge in [0.25, 0.3) is 5.91 Å². The number of amides is 1. The molecule has 1 saturated heterocycles. The number of hydrogen-bond donors (Lipinski definition) is 0. The molecule has 134 valence electrons. The number of halogens is 1. The maximum Gasteiger partial charge on any atom is 0.266 e. The predicted octanol–water partition coefficient (Wildman–Crippen LogP) is 5.05.